The molecule has 2 heterocycles. The fraction of sp³-hybridized carbons (Fsp3) is 0.375. The van der Waals surface area contributed by atoms with E-state index < -0.39 is 0 Å². The Morgan fingerprint density at radius 3 is 2.48 bits per heavy atom. The smallest absolute Gasteiger partial charge is 0.277 e. The maximum atomic E-state index is 12.9. The molecule has 31 heavy (non-hydrogen) atoms. The van der Waals surface area contributed by atoms with E-state index in [4.69, 9.17) is 4.42 Å². The molecule has 0 aliphatic carbocycles. The van der Waals surface area contributed by atoms with E-state index in [0.29, 0.717) is 11.1 Å². The van der Waals surface area contributed by atoms with Gasteiger partial charge >= 0.3 is 0 Å². The first-order valence-electron chi connectivity index (χ1n) is 10.6. The quantitative estimate of drug-likeness (QED) is 0.540. The number of benzene rings is 2. The number of nitrogens with zero attached hydrogens (tertiary/aromatic N) is 4. The minimum absolute atomic E-state index is 0.121. The topological polar surface area (TPSA) is 62.5 Å². The van der Waals surface area contributed by atoms with Crippen molar-refractivity contribution in [3.8, 4) is 11.5 Å². The van der Waals surface area contributed by atoms with Crippen LogP contribution in [0.3, 0.4) is 0 Å². The summed E-state index contributed by atoms with van der Waals surface area (Å²) in [4.78, 5) is 17.3. The first-order chi connectivity index (χ1) is 15.0. The van der Waals surface area contributed by atoms with Crippen LogP contribution in [0.2, 0.25) is 0 Å². The van der Waals surface area contributed by atoms with Crippen molar-refractivity contribution in [3.05, 3.63) is 65.2 Å². The molecule has 7 heteroatoms. The third kappa shape index (κ3) is 5.35. The van der Waals surface area contributed by atoms with Gasteiger partial charge in [0, 0.05) is 38.3 Å². The molecule has 6 nitrogen and oxygen atoms in total. The van der Waals surface area contributed by atoms with Crippen LogP contribution in [0, 0.1) is 13.8 Å². The van der Waals surface area contributed by atoms with Crippen LogP contribution in [0.25, 0.3) is 11.5 Å². The second-order valence-electron chi connectivity index (χ2n) is 8.02. The van der Waals surface area contributed by atoms with Gasteiger partial charge in [-0.2, -0.15) is 0 Å². The monoisotopic (exact) mass is 436 g/mol. The molecule has 0 bridgehead atoms. The molecule has 0 radical (unpaired) electrons. The summed E-state index contributed by atoms with van der Waals surface area (Å²) in [5.74, 6) is 0.607. The lowest BCUT2D eigenvalue weighted by Crippen LogP contribution is -2.50. The summed E-state index contributed by atoms with van der Waals surface area (Å²) in [6.07, 6.45) is 0. The van der Waals surface area contributed by atoms with Gasteiger partial charge in [-0.3, -0.25) is 9.69 Å². The van der Waals surface area contributed by atoms with E-state index in [2.05, 4.69) is 53.2 Å². The second kappa shape index (κ2) is 9.66. The van der Waals surface area contributed by atoms with Crippen molar-refractivity contribution in [2.24, 2.45) is 0 Å². The number of amides is 1. The number of rotatable bonds is 6. The molecule has 1 atom stereocenters. The summed E-state index contributed by atoms with van der Waals surface area (Å²) in [5, 5.41) is 8.46. The van der Waals surface area contributed by atoms with Crippen molar-refractivity contribution in [1.82, 2.24) is 20.0 Å². The van der Waals surface area contributed by atoms with Gasteiger partial charge in [0.15, 0.2) is 0 Å². The van der Waals surface area contributed by atoms with Gasteiger partial charge in [-0.15, -0.1) is 10.2 Å². The highest BCUT2D eigenvalue weighted by Crippen LogP contribution is 2.28. The normalized spacial score (nSPS) is 15.8. The molecule has 1 aliphatic rings. The number of aromatic nitrogens is 2. The minimum atomic E-state index is -0.270. The van der Waals surface area contributed by atoms with Gasteiger partial charge < -0.3 is 9.32 Å². The number of hydrogen-bond acceptors (Lipinski definition) is 6. The van der Waals surface area contributed by atoms with E-state index in [1.165, 1.54) is 28.5 Å². The van der Waals surface area contributed by atoms with E-state index in [1.807, 2.05) is 36.1 Å². The Balaban J connectivity index is 1.30. The third-order valence-corrected chi connectivity index (χ3v) is 6.64. The molecule has 0 N–H and O–H groups in total. The molecular weight excluding hydrogens is 408 g/mol. The Labute approximate surface area is 187 Å². The summed E-state index contributed by atoms with van der Waals surface area (Å²) in [6, 6.07) is 16.5. The van der Waals surface area contributed by atoms with Gasteiger partial charge in [-0.05, 0) is 49.6 Å². The lowest BCUT2D eigenvalue weighted by Gasteiger charge is -2.35. The molecule has 162 valence electrons. The van der Waals surface area contributed by atoms with Gasteiger partial charge in [0.05, 0.1) is 5.25 Å². The van der Waals surface area contributed by atoms with Crippen LogP contribution < -0.4 is 0 Å². The molecule has 1 unspecified atom stereocenters. The number of carbonyl (C=O) groups excluding carboxylic acids is 1. The van der Waals surface area contributed by atoms with Crippen LogP contribution in [0.1, 0.15) is 23.6 Å². The molecule has 2 aromatic carbocycles. The first-order valence-corrected chi connectivity index (χ1v) is 11.5. The molecule has 0 spiro atoms. The van der Waals surface area contributed by atoms with Crippen LogP contribution in [0.15, 0.2) is 58.2 Å². The molecule has 1 aliphatic heterocycles. The Hall–Kier alpha value is -2.64. The Morgan fingerprint density at radius 2 is 1.77 bits per heavy atom. The van der Waals surface area contributed by atoms with Crippen molar-refractivity contribution < 1.29 is 9.21 Å². The molecule has 1 aromatic heterocycles. The van der Waals surface area contributed by atoms with Crippen molar-refractivity contribution >= 4 is 17.7 Å². The molecule has 3 aromatic rings. The van der Waals surface area contributed by atoms with Crippen LogP contribution >= 0.6 is 11.8 Å². The lowest BCUT2D eigenvalue weighted by atomic mass is 10.1. The van der Waals surface area contributed by atoms with Gasteiger partial charge in [0.25, 0.3) is 5.22 Å². The summed E-state index contributed by atoms with van der Waals surface area (Å²) < 4.78 is 5.82. The SMILES string of the molecule is Cc1ccc(-c2nnc(SC(C)C(=O)N3CCN(Cc4ccccc4)CC3)o2)cc1C. The van der Waals surface area contributed by atoms with Crippen LogP contribution in [0.5, 0.6) is 0 Å². The average molecular weight is 437 g/mol. The van der Waals surface area contributed by atoms with Crippen molar-refractivity contribution in [2.45, 2.75) is 37.8 Å². The second-order valence-corrected chi connectivity index (χ2v) is 9.31. The highest BCUT2D eigenvalue weighted by molar-refractivity contribution is 8.00. The zero-order chi connectivity index (χ0) is 21.8. The van der Waals surface area contributed by atoms with Crippen LogP contribution in [-0.2, 0) is 11.3 Å². The maximum absolute atomic E-state index is 12.9. The predicted molar refractivity (Wildman–Crippen MR) is 123 cm³/mol. The van der Waals surface area contributed by atoms with Crippen molar-refractivity contribution in [2.75, 3.05) is 26.2 Å². The zero-order valence-corrected chi connectivity index (χ0v) is 19.1. The number of piperazine rings is 1. The number of aryl methyl sites for hydroxylation is 2. The van der Waals surface area contributed by atoms with Crippen molar-refractivity contribution in [3.63, 3.8) is 0 Å². The highest BCUT2D eigenvalue weighted by atomic mass is 32.2. The minimum Gasteiger partial charge on any atom is -0.411 e. The number of thioether (sulfide) groups is 1. The molecule has 0 saturated carbocycles. The average Bonchev–Trinajstić information content (AvgIpc) is 3.25. The molecule has 1 amide bonds. The third-order valence-electron chi connectivity index (χ3n) is 5.72. The van der Waals surface area contributed by atoms with Gasteiger partial charge in [-0.25, -0.2) is 0 Å². The fourth-order valence-corrected chi connectivity index (χ4v) is 4.44. The number of carbonyl (C=O) groups is 1. The molecule has 4 rings (SSSR count). The van der Waals surface area contributed by atoms with E-state index >= 15 is 0 Å². The Bertz CT molecular complexity index is 1030. The summed E-state index contributed by atoms with van der Waals surface area (Å²) in [6.45, 7) is 10.2. The Morgan fingerprint density at radius 1 is 1.03 bits per heavy atom. The fourth-order valence-electron chi connectivity index (χ4n) is 3.68. The van der Waals surface area contributed by atoms with Crippen LogP contribution in [-0.4, -0.2) is 57.3 Å². The molecule has 1 fully saturated rings. The van der Waals surface area contributed by atoms with Crippen LogP contribution in [0.4, 0.5) is 0 Å². The van der Waals surface area contributed by atoms with Crippen molar-refractivity contribution in [1.29, 1.82) is 0 Å². The summed E-state index contributed by atoms with van der Waals surface area (Å²) in [5.41, 5.74) is 4.61. The van der Waals surface area contributed by atoms with Gasteiger partial charge in [0.1, 0.15) is 0 Å². The standard InChI is InChI=1S/C24H28N4O2S/c1-17-9-10-21(15-18(17)2)22-25-26-24(30-22)31-19(3)23(29)28-13-11-27(12-14-28)16-20-7-5-4-6-8-20/h4-10,15,19H,11-14,16H2,1-3H3. The first kappa shape index (κ1) is 21.6. The summed E-state index contributed by atoms with van der Waals surface area (Å²) >= 11 is 1.33. The van der Waals surface area contributed by atoms with Gasteiger partial charge in [-0.1, -0.05) is 48.2 Å². The van der Waals surface area contributed by atoms with E-state index in [9.17, 15) is 4.79 Å². The zero-order valence-electron chi connectivity index (χ0n) is 18.2. The largest absolute Gasteiger partial charge is 0.411 e. The summed E-state index contributed by atoms with van der Waals surface area (Å²) in [7, 11) is 0. The van der Waals surface area contributed by atoms with Gasteiger partial charge in [0.2, 0.25) is 11.8 Å². The molecule has 1 saturated heterocycles. The lowest BCUT2D eigenvalue weighted by molar-refractivity contribution is -0.132. The highest BCUT2D eigenvalue weighted by Gasteiger charge is 2.27. The predicted octanol–water partition coefficient (Wildman–Crippen LogP) is 4.18. The maximum Gasteiger partial charge on any atom is 0.277 e. The Kier molecular flexibility index (Phi) is 6.73. The van der Waals surface area contributed by atoms with E-state index in [1.54, 1.807) is 0 Å². The number of hydrogen-bond donors (Lipinski definition) is 0. The van der Waals surface area contributed by atoms with E-state index in [-0.39, 0.29) is 11.2 Å². The molecular formula is C24H28N4O2S. The van der Waals surface area contributed by atoms with E-state index in [0.717, 1.165) is 38.3 Å².